The first-order valence-electron chi connectivity index (χ1n) is 7.01. The second-order valence-electron chi connectivity index (χ2n) is 4.69. The average molecular weight is 304 g/mol. The van der Waals surface area contributed by atoms with Crippen molar-refractivity contribution in [3.05, 3.63) is 54.1 Å². The number of aryl methyl sites for hydroxylation is 1. The van der Waals surface area contributed by atoms with E-state index in [0.29, 0.717) is 17.9 Å². The van der Waals surface area contributed by atoms with Crippen LogP contribution >= 0.6 is 0 Å². The van der Waals surface area contributed by atoms with Gasteiger partial charge < -0.3 is 5.32 Å². The molecular formula is C16H20N2O2S. The summed E-state index contributed by atoms with van der Waals surface area (Å²) in [4.78, 5) is 0.258. The summed E-state index contributed by atoms with van der Waals surface area (Å²) >= 11 is 0. The van der Waals surface area contributed by atoms with Gasteiger partial charge in [-0.1, -0.05) is 31.2 Å². The standard InChI is InChI=1S/C16H20N2O2S/c1-3-13-8-7-9-14(12-13)18-21(19,20)16-11-6-5-10-15(16)17-4-2/h5-12,17-18H,3-4H2,1-2H3. The third-order valence-electron chi connectivity index (χ3n) is 3.13. The lowest BCUT2D eigenvalue weighted by molar-refractivity contribution is 0.601. The molecule has 0 aromatic heterocycles. The topological polar surface area (TPSA) is 58.2 Å². The van der Waals surface area contributed by atoms with Gasteiger partial charge in [0.15, 0.2) is 0 Å². The Kier molecular flexibility index (Phi) is 4.85. The Morgan fingerprint density at radius 2 is 1.76 bits per heavy atom. The fourth-order valence-electron chi connectivity index (χ4n) is 2.10. The Bertz CT molecular complexity index is 712. The number of hydrogen-bond acceptors (Lipinski definition) is 3. The molecule has 2 rings (SSSR count). The number of rotatable bonds is 6. The summed E-state index contributed by atoms with van der Waals surface area (Å²) in [7, 11) is -3.60. The molecule has 0 radical (unpaired) electrons. The van der Waals surface area contributed by atoms with E-state index in [1.807, 2.05) is 38.1 Å². The van der Waals surface area contributed by atoms with E-state index in [2.05, 4.69) is 10.0 Å². The summed E-state index contributed by atoms with van der Waals surface area (Å²) in [5.74, 6) is 0. The highest BCUT2D eigenvalue weighted by Crippen LogP contribution is 2.23. The van der Waals surface area contributed by atoms with E-state index in [9.17, 15) is 8.42 Å². The normalized spacial score (nSPS) is 11.1. The van der Waals surface area contributed by atoms with Crippen LogP contribution in [0.25, 0.3) is 0 Å². The van der Waals surface area contributed by atoms with Crippen molar-refractivity contribution in [3.8, 4) is 0 Å². The van der Waals surface area contributed by atoms with Crippen LogP contribution in [0.4, 0.5) is 11.4 Å². The first kappa shape index (κ1) is 15.4. The zero-order valence-electron chi connectivity index (χ0n) is 12.3. The third kappa shape index (κ3) is 3.76. The van der Waals surface area contributed by atoms with Crippen molar-refractivity contribution in [2.45, 2.75) is 25.2 Å². The number of sulfonamides is 1. The van der Waals surface area contributed by atoms with Gasteiger partial charge in [0.1, 0.15) is 4.90 Å². The van der Waals surface area contributed by atoms with Gasteiger partial charge >= 0.3 is 0 Å². The molecule has 21 heavy (non-hydrogen) atoms. The number of para-hydroxylation sites is 1. The maximum atomic E-state index is 12.5. The van der Waals surface area contributed by atoms with Gasteiger partial charge in [-0.25, -0.2) is 8.42 Å². The van der Waals surface area contributed by atoms with Crippen molar-refractivity contribution in [2.24, 2.45) is 0 Å². The van der Waals surface area contributed by atoms with E-state index in [-0.39, 0.29) is 4.90 Å². The van der Waals surface area contributed by atoms with E-state index in [0.717, 1.165) is 12.0 Å². The van der Waals surface area contributed by atoms with Gasteiger partial charge in [0.05, 0.1) is 5.69 Å². The van der Waals surface area contributed by atoms with Crippen molar-refractivity contribution >= 4 is 21.4 Å². The molecule has 0 saturated carbocycles. The fraction of sp³-hybridized carbons (Fsp3) is 0.250. The maximum absolute atomic E-state index is 12.5. The number of anilines is 2. The van der Waals surface area contributed by atoms with Crippen LogP contribution < -0.4 is 10.0 Å². The van der Waals surface area contributed by atoms with Crippen molar-refractivity contribution in [2.75, 3.05) is 16.6 Å². The summed E-state index contributed by atoms with van der Waals surface area (Å²) in [5, 5.41) is 3.07. The zero-order valence-corrected chi connectivity index (χ0v) is 13.1. The van der Waals surface area contributed by atoms with Crippen LogP contribution in [0, 0.1) is 0 Å². The predicted octanol–water partition coefficient (Wildman–Crippen LogP) is 3.48. The monoisotopic (exact) mass is 304 g/mol. The lowest BCUT2D eigenvalue weighted by Gasteiger charge is -2.13. The Morgan fingerprint density at radius 3 is 2.48 bits per heavy atom. The molecule has 0 aliphatic heterocycles. The zero-order chi connectivity index (χ0) is 15.3. The van der Waals surface area contributed by atoms with Crippen molar-refractivity contribution < 1.29 is 8.42 Å². The van der Waals surface area contributed by atoms with Crippen LogP contribution in [0.1, 0.15) is 19.4 Å². The molecule has 0 aliphatic rings. The molecule has 0 atom stereocenters. The molecular weight excluding hydrogens is 284 g/mol. The molecule has 0 aliphatic carbocycles. The van der Waals surface area contributed by atoms with Crippen molar-refractivity contribution in [3.63, 3.8) is 0 Å². The first-order valence-corrected chi connectivity index (χ1v) is 8.49. The van der Waals surface area contributed by atoms with Gasteiger partial charge in [0, 0.05) is 12.2 Å². The van der Waals surface area contributed by atoms with Crippen molar-refractivity contribution in [1.29, 1.82) is 0 Å². The van der Waals surface area contributed by atoms with Crippen LogP contribution in [0.15, 0.2) is 53.4 Å². The fourth-order valence-corrected chi connectivity index (χ4v) is 3.34. The molecule has 2 aromatic rings. The highest BCUT2D eigenvalue weighted by atomic mass is 32.2. The minimum atomic E-state index is -3.60. The van der Waals surface area contributed by atoms with Gasteiger partial charge in [0.2, 0.25) is 0 Å². The molecule has 0 saturated heterocycles. The van der Waals surface area contributed by atoms with E-state index in [1.54, 1.807) is 24.3 Å². The van der Waals surface area contributed by atoms with Gasteiger partial charge in [-0.05, 0) is 43.2 Å². The highest BCUT2D eigenvalue weighted by molar-refractivity contribution is 7.92. The second-order valence-corrected chi connectivity index (χ2v) is 6.34. The van der Waals surface area contributed by atoms with Gasteiger partial charge in [-0.2, -0.15) is 0 Å². The third-order valence-corrected chi connectivity index (χ3v) is 4.57. The van der Waals surface area contributed by atoms with Crippen LogP contribution in [0.2, 0.25) is 0 Å². The van der Waals surface area contributed by atoms with E-state index >= 15 is 0 Å². The Labute approximate surface area is 126 Å². The number of hydrogen-bond donors (Lipinski definition) is 2. The average Bonchev–Trinajstić information content (AvgIpc) is 2.48. The quantitative estimate of drug-likeness (QED) is 0.859. The number of nitrogens with one attached hydrogen (secondary N) is 2. The van der Waals surface area contributed by atoms with Crippen molar-refractivity contribution in [1.82, 2.24) is 0 Å². The van der Waals surface area contributed by atoms with E-state index in [1.165, 1.54) is 0 Å². The van der Waals surface area contributed by atoms with Crippen LogP contribution in [0.3, 0.4) is 0 Å². The molecule has 0 unspecified atom stereocenters. The molecule has 2 N–H and O–H groups in total. The second kappa shape index (κ2) is 6.63. The minimum absolute atomic E-state index is 0.258. The molecule has 0 spiro atoms. The van der Waals surface area contributed by atoms with Crippen LogP contribution in [-0.4, -0.2) is 15.0 Å². The first-order chi connectivity index (χ1) is 10.1. The highest BCUT2D eigenvalue weighted by Gasteiger charge is 2.18. The lowest BCUT2D eigenvalue weighted by atomic mass is 10.1. The van der Waals surface area contributed by atoms with E-state index < -0.39 is 10.0 Å². The summed E-state index contributed by atoms with van der Waals surface area (Å²) in [5.41, 5.74) is 2.29. The van der Waals surface area contributed by atoms with Gasteiger partial charge in [-0.3, -0.25) is 4.72 Å². The predicted molar refractivity (Wildman–Crippen MR) is 87.2 cm³/mol. The molecule has 4 nitrogen and oxygen atoms in total. The molecule has 0 fully saturated rings. The maximum Gasteiger partial charge on any atom is 0.263 e. The SMILES string of the molecule is CCNc1ccccc1S(=O)(=O)Nc1cccc(CC)c1. The summed E-state index contributed by atoms with van der Waals surface area (Å²) in [6.45, 7) is 4.63. The molecule has 0 heterocycles. The molecule has 0 amide bonds. The minimum Gasteiger partial charge on any atom is -0.384 e. The molecule has 2 aromatic carbocycles. The summed E-state index contributed by atoms with van der Waals surface area (Å²) in [6.07, 6.45) is 0.865. The Hall–Kier alpha value is -2.01. The Morgan fingerprint density at radius 1 is 1.00 bits per heavy atom. The number of benzene rings is 2. The van der Waals surface area contributed by atoms with Gasteiger partial charge in [0.25, 0.3) is 10.0 Å². The Balaban J connectivity index is 2.34. The molecule has 5 heteroatoms. The summed E-state index contributed by atoms with van der Waals surface area (Å²) < 4.78 is 27.7. The molecule has 112 valence electrons. The molecule has 0 bridgehead atoms. The largest absolute Gasteiger partial charge is 0.384 e. The van der Waals surface area contributed by atoms with Gasteiger partial charge in [-0.15, -0.1) is 0 Å². The smallest absolute Gasteiger partial charge is 0.263 e. The van der Waals surface area contributed by atoms with Crippen LogP contribution in [-0.2, 0) is 16.4 Å². The van der Waals surface area contributed by atoms with E-state index in [4.69, 9.17) is 0 Å². The van der Waals surface area contributed by atoms with Crippen LogP contribution in [0.5, 0.6) is 0 Å². The summed E-state index contributed by atoms with van der Waals surface area (Å²) in [6, 6.07) is 14.3. The lowest BCUT2D eigenvalue weighted by Crippen LogP contribution is -2.15.